The zero-order valence-corrected chi connectivity index (χ0v) is 19.1. The third-order valence-electron chi connectivity index (χ3n) is 4.46. The molecule has 3 aromatic rings. The van der Waals surface area contributed by atoms with E-state index in [1.165, 1.54) is 44.3 Å². The molecule has 2 amide bonds. The monoisotopic (exact) mass is 468 g/mol. The van der Waals surface area contributed by atoms with Gasteiger partial charge in [-0.3, -0.25) is 9.59 Å². The molecule has 0 aliphatic heterocycles. The molecule has 0 aliphatic carbocycles. The van der Waals surface area contributed by atoms with Crippen molar-refractivity contribution in [3.63, 3.8) is 0 Å². The average molecular weight is 469 g/mol. The van der Waals surface area contributed by atoms with E-state index in [1.807, 2.05) is 31.2 Å². The highest BCUT2D eigenvalue weighted by molar-refractivity contribution is 7.89. The topological polar surface area (TPSA) is 126 Å². The fourth-order valence-electron chi connectivity index (χ4n) is 2.77. The lowest BCUT2D eigenvalue weighted by atomic mass is 10.2. The van der Waals surface area contributed by atoms with Gasteiger partial charge >= 0.3 is 0 Å². The van der Waals surface area contributed by atoms with Crippen LogP contribution in [0.4, 0.5) is 11.4 Å². The van der Waals surface area contributed by atoms with E-state index in [0.29, 0.717) is 23.0 Å². The van der Waals surface area contributed by atoms with Crippen LogP contribution in [0, 0.1) is 6.92 Å². The van der Waals surface area contributed by atoms with Crippen LogP contribution in [0.2, 0.25) is 0 Å². The summed E-state index contributed by atoms with van der Waals surface area (Å²) >= 11 is 0. The van der Waals surface area contributed by atoms with Gasteiger partial charge in [0.15, 0.2) is 0 Å². The summed E-state index contributed by atoms with van der Waals surface area (Å²) in [6.07, 6.45) is 1.42. The highest BCUT2D eigenvalue weighted by Crippen LogP contribution is 2.21. The van der Waals surface area contributed by atoms with Crippen molar-refractivity contribution in [1.82, 2.24) is 9.71 Å². The van der Waals surface area contributed by atoms with E-state index in [9.17, 15) is 18.0 Å². The van der Waals surface area contributed by atoms with Gasteiger partial charge < -0.3 is 15.4 Å². The van der Waals surface area contributed by atoms with Crippen molar-refractivity contribution in [2.75, 3.05) is 10.6 Å². The Bertz CT molecular complexity index is 1230. The number of amides is 2. The maximum atomic E-state index is 12.6. The molecule has 0 saturated heterocycles. The van der Waals surface area contributed by atoms with Gasteiger partial charge in [0.05, 0.1) is 22.8 Å². The summed E-state index contributed by atoms with van der Waals surface area (Å²) in [4.78, 5) is 27.7. The third-order valence-corrected chi connectivity index (χ3v) is 6.01. The molecule has 0 unspecified atom stereocenters. The number of hydrogen-bond acceptors (Lipinski definition) is 6. The summed E-state index contributed by atoms with van der Waals surface area (Å²) in [6.45, 7) is 4.76. The number of carbonyl (C=O) groups is 2. The van der Waals surface area contributed by atoms with Gasteiger partial charge in [0.25, 0.3) is 0 Å². The molecule has 1 atom stereocenters. The van der Waals surface area contributed by atoms with E-state index >= 15 is 0 Å². The van der Waals surface area contributed by atoms with E-state index in [2.05, 4.69) is 20.3 Å². The summed E-state index contributed by atoms with van der Waals surface area (Å²) in [5.41, 5.74) is 1.97. The number of pyridine rings is 1. The van der Waals surface area contributed by atoms with Gasteiger partial charge in [-0.15, -0.1) is 0 Å². The van der Waals surface area contributed by atoms with E-state index < -0.39 is 22.0 Å². The molecule has 1 aromatic heterocycles. The fourth-order valence-corrected chi connectivity index (χ4v) is 3.97. The number of hydrogen-bond donors (Lipinski definition) is 3. The first-order valence-electron chi connectivity index (χ1n) is 10.0. The van der Waals surface area contributed by atoms with Crippen LogP contribution in [0.5, 0.6) is 11.6 Å². The Morgan fingerprint density at radius 1 is 0.909 bits per heavy atom. The molecule has 0 radical (unpaired) electrons. The molecular weight excluding hydrogens is 444 g/mol. The van der Waals surface area contributed by atoms with Crippen molar-refractivity contribution in [1.29, 1.82) is 0 Å². The van der Waals surface area contributed by atoms with Crippen molar-refractivity contribution in [2.24, 2.45) is 0 Å². The molecule has 172 valence electrons. The van der Waals surface area contributed by atoms with Gasteiger partial charge in [-0.2, -0.15) is 4.72 Å². The van der Waals surface area contributed by atoms with Crippen LogP contribution in [0.3, 0.4) is 0 Å². The first-order chi connectivity index (χ1) is 15.6. The lowest BCUT2D eigenvalue weighted by molar-refractivity contribution is -0.117. The summed E-state index contributed by atoms with van der Waals surface area (Å²) in [5, 5.41) is 5.17. The Morgan fingerprint density at radius 3 is 2.12 bits per heavy atom. The number of aryl methyl sites for hydroxylation is 1. The van der Waals surface area contributed by atoms with Crippen molar-refractivity contribution in [2.45, 2.75) is 31.7 Å². The summed E-state index contributed by atoms with van der Waals surface area (Å²) in [6, 6.07) is 15.3. The zero-order valence-electron chi connectivity index (χ0n) is 18.3. The molecule has 0 fully saturated rings. The van der Waals surface area contributed by atoms with Gasteiger partial charge in [0, 0.05) is 18.7 Å². The largest absolute Gasteiger partial charge is 0.439 e. The smallest absolute Gasteiger partial charge is 0.242 e. The molecule has 10 heteroatoms. The molecule has 1 heterocycles. The number of aromatic nitrogens is 1. The van der Waals surface area contributed by atoms with Crippen molar-refractivity contribution < 1.29 is 22.7 Å². The average Bonchev–Trinajstić information content (AvgIpc) is 2.76. The molecule has 0 aliphatic rings. The Hall–Kier alpha value is -3.76. The number of rotatable bonds is 8. The minimum Gasteiger partial charge on any atom is -0.439 e. The van der Waals surface area contributed by atoms with Crippen LogP contribution in [-0.4, -0.2) is 31.3 Å². The first kappa shape index (κ1) is 23.9. The first-order valence-corrected chi connectivity index (χ1v) is 11.5. The van der Waals surface area contributed by atoms with Gasteiger partial charge in [-0.1, -0.05) is 17.7 Å². The molecule has 33 heavy (non-hydrogen) atoms. The van der Waals surface area contributed by atoms with E-state index in [-0.39, 0.29) is 10.8 Å². The maximum absolute atomic E-state index is 12.6. The van der Waals surface area contributed by atoms with Gasteiger partial charge in [0.2, 0.25) is 27.7 Å². The standard InChI is InChI=1S/C23H24N4O5S/c1-15-4-9-20(10-5-15)32-22-13-8-19(14-24-22)26-23(29)16(2)27-33(30,31)21-11-6-18(7-12-21)25-17(3)28/h4-14,16,27H,1-3H3,(H,25,28)(H,26,29)/t16-/m0/s1. The van der Waals surface area contributed by atoms with Crippen molar-refractivity contribution in [3.8, 4) is 11.6 Å². The second-order valence-corrected chi connectivity index (χ2v) is 9.05. The Labute approximate surface area is 192 Å². The van der Waals surface area contributed by atoms with Crippen LogP contribution in [0.1, 0.15) is 19.4 Å². The van der Waals surface area contributed by atoms with Gasteiger partial charge in [0.1, 0.15) is 5.75 Å². The second kappa shape index (κ2) is 10.2. The molecule has 0 saturated carbocycles. The molecule has 2 aromatic carbocycles. The van der Waals surface area contributed by atoms with E-state index in [1.54, 1.807) is 12.1 Å². The van der Waals surface area contributed by atoms with Crippen LogP contribution in [-0.2, 0) is 19.6 Å². The van der Waals surface area contributed by atoms with E-state index in [4.69, 9.17) is 4.74 Å². The number of nitrogens with one attached hydrogen (secondary N) is 3. The number of ether oxygens (including phenoxy) is 1. The number of carbonyl (C=O) groups excluding carboxylic acids is 2. The minimum absolute atomic E-state index is 0.0319. The van der Waals surface area contributed by atoms with Crippen molar-refractivity contribution in [3.05, 3.63) is 72.4 Å². The predicted molar refractivity (Wildman–Crippen MR) is 125 cm³/mol. The minimum atomic E-state index is -3.95. The highest BCUT2D eigenvalue weighted by atomic mass is 32.2. The molecule has 9 nitrogen and oxygen atoms in total. The van der Waals surface area contributed by atoms with Crippen LogP contribution < -0.4 is 20.1 Å². The molecular formula is C23H24N4O5S. The zero-order chi connectivity index (χ0) is 24.0. The predicted octanol–water partition coefficient (Wildman–Crippen LogP) is 3.45. The molecule has 0 bridgehead atoms. The maximum Gasteiger partial charge on any atom is 0.242 e. The molecule has 3 N–H and O–H groups in total. The lowest BCUT2D eigenvalue weighted by Gasteiger charge is -2.15. The number of anilines is 2. The Balaban J connectivity index is 1.58. The van der Waals surface area contributed by atoms with Crippen molar-refractivity contribution >= 4 is 33.2 Å². The normalized spacial score (nSPS) is 12.0. The number of benzene rings is 2. The highest BCUT2D eigenvalue weighted by Gasteiger charge is 2.22. The SMILES string of the molecule is CC(=O)Nc1ccc(S(=O)(=O)N[C@@H](C)C(=O)Nc2ccc(Oc3ccc(C)cc3)nc2)cc1. The second-order valence-electron chi connectivity index (χ2n) is 7.34. The van der Waals surface area contributed by atoms with Crippen LogP contribution in [0.15, 0.2) is 71.8 Å². The fraction of sp³-hybridized carbons (Fsp3) is 0.174. The van der Waals surface area contributed by atoms with E-state index in [0.717, 1.165) is 5.56 Å². The molecule has 3 rings (SSSR count). The summed E-state index contributed by atoms with van der Waals surface area (Å²) in [5.74, 6) is 0.173. The Morgan fingerprint density at radius 2 is 1.55 bits per heavy atom. The van der Waals surface area contributed by atoms with Crippen LogP contribution in [0.25, 0.3) is 0 Å². The summed E-state index contributed by atoms with van der Waals surface area (Å²) in [7, 11) is -3.95. The number of nitrogens with zero attached hydrogens (tertiary/aromatic N) is 1. The van der Waals surface area contributed by atoms with Gasteiger partial charge in [-0.05, 0) is 56.3 Å². The summed E-state index contributed by atoms with van der Waals surface area (Å²) < 4.78 is 33.1. The third kappa shape index (κ3) is 6.86. The quantitative estimate of drug-likeness (QED) is 0.465. The lowest BCUT2D eigenvalue weighted by Crippen LogP contribution is -2.41. The van der Waals surface area contributed by atoms with Gasteiger partial charge in [-0.25, -0.2) is 13.4 Å². The Kier molecular flexibility index (Phi) is 7.41. The molecule has 0 spiro atoms. The number of sulfonamides is 1. The van der Waals surface area contributed by atoms with Crippen LogP contribution >= 0.6 is 0 Å².